The van der Waals surface area contributed by atoms with Gasteiger partial charge in [-0.2, -0.15) is 10.1 Å². The first kappa shape index (κ1) is 19.9. The molecule has 162 valence electrons. The largest absolute Gasteiger partial charge is 0.342 e. The van der Waals surface area contributed by atoms with Crippen molar-refractivity contribution < 1.29 is 4.79 Å². The summed E-state index contributed by atoms with van der Waals surface area (Å²) in [5.41, 5.74) is 3.47. The Morgan fingerprint density at radius 3 is 2.74 bits per heavy atom. The molecule has 0 spiro atoms. The van der Waals surface area contributed by atoms with Crippen molar-refractivity contribution in [1.82, 2.24) is 24.6 Å². The number of anilines is 4. The molecule has 3 aromatic heterocycles. The highest BCUT2D eigenvalue weighted by Gasteiger charge is 2.37. The van der Waals surface area contributed by atoms with Gasteiger partial charge in [-0.15, -0.1) is 0 Å². The molecule has 5 rings (SSSR count). The van der Waals surface area contributed by atoms with Gasteiger partial charge in [0.2, 0.25) is 11.9 Å². The number of likely N-dealkylation sites (N-methyl/N-ethyl adjacent to an activating group) is 1. The van der Waals surface area contributed by atoms with Gasteiger partial charge < -0.3 is 15.1 Å². The Hall–Kier alpha value is -3.01. The average Bonchev–Trinajstić information content (AvgIpc) is 3.18. The molecule has 10 heteroatoms. The van der Waals surface area contributed by atoms with Crippen LogP contribution in [-0.2, 0) is 4.79 Å². The lowest BCUT2D eigenvalue weighted by Crippen LogP contribution is -2.51. The maximum absolute atomic E-state index is 12.7. The van der Waals surface area contributed by atoms with Crippen LogP contribution in [0.1, 0.15) is 18.4 Å². The van der Waals surface area contributed by atoms with E-state index in [0.29, 0.717) is 18.5 Å². The summed E-state index contributed by atoms with van der Waals surface area (Å²) in [6.45, 7) is 7.31. The van der Waals surface area contributed by atoms with Crippen molar-refractivity contribution in [3.05, 3.63) is 30.4 Å². The summed E-state index contributed by atoms with van der Waals surface area (Å²) in [6, 6.07) is 4.91. The minimum Gasteiger partial charge on any atom is -0.342 e. The number of fused-ring (bicyclic) bond motifs is 2. The van der Waals surface area contributed by atoms with E-state index in [4.69, 9.17) is 4.98 Å². The first-order valence-electron chi connectivity index (χ1n) is 10.8. The van der Waals surface area contributed by atoms with Gasteiger partial charge in [0.25, 0.3) is 0 Å². The Morgan fingerprint density at radius 1 is 1.19 bits per heavy atom. The number of hydrogen-bond donors (Lipinski definition) is 1. The molecular formula is C21H28N8OSi. The molecule has 2 aliphatic heterocycles. The predicted molar refractivity (Wildman–Crippen MR) is 124 cm³/mol. The molecule has 1 amide bonds. The fraction of sp³-hybridized carbons (Fsp3) is 0.476. The van der Waals surface area contributed by atoms with Crippen molar-refractivity contribution >= 4 is 42.8 Å². The normalized spacial score (nSPS) is 19.0. The number of aryl methyl sites for hydroxylation is 1. The topological polar surface area (TPSA) is 91.5 Å². The van der Waals surface area contributed by atoms with Crippen LogP contribution in [-0.4, -0.2) is 58.2 Å². The van der Waals surface area contributed by atoms with Crippen molar-refractivity contribution in [3.63, 3.8) is 0 Å². The minimum atomic E-state index is -1.08. The van der Waals surface area contributed by atoms with Crippen molar-refractivity contribution in [2.75, 3.05) is 28.7 Å². The number of carbonyl (C=O) groups excluding carboxylic acids is 1. The summed E-state index contributed by atoms with van der Waals surface area (Å²) in [4.78, 5) is 30.1. The number of nitrogens with one attached hydrogen (secondary N) is 1. The van der Waals surface area contributed by atoms with Crippen LogP contribution in [0.25, 0.3) is 5.65 Å². The van der Waals surface area contributed by atoms with Crippen LogP contribution >= 0.6 is 0 Å². The van der Waals surface area contributed by atoms with E-state index in [1.165, 1.54) is 18.4 Å². The maximum Gasteiger partial charge on any atom is 0.246 e. The number of amides is 1. The molecule has 3 aromatic rings. The second kappa shape index (κ2) is 7.29. The molecule has 1 N–H and O–H groups in total. The smallest absolute Gasteiger partial charge is 0.246 e. The molecule has 0 saturated carbocycles. The summed E-state index contributed by atoms with van der Waals surface area (Å²) in [6.07, 6.45) is 7.43. The molecule has 0 aromatic carbocycles. The Balaban J connectivity index is 1.48. The van der Waals surface area contributed by atoms with Gasteiger partial charge in [0.1, 0.15) is 12.0 Å². The standard InChI is InChI=1S/C21H28N8OSi/c1-14-9-18-23-13-24-29(18)11-16(14)25-21-22-10-17-20(26-21)28(12-19(30)27(17)2)15-5-7-31(3,4)8-6-15/h9-11,13,15H,5-8,12H2,1-4H3,(H,22,25,26). The Kier molecular flexibility index (Phi) is 4.69. The fourth-order valence-corrected chi connectivity index (χ4v) is 7.02. The van der Waals surface area contributed by atoms with E-state index in [-0.39, 0.29) is 5.91 Å². The highest BCUT2D eigenvalue weighted by Crippen LogP contribution is 2.38. The van der Waals surface area contributed by atoms with E-state index in [1.807, 2.05) is 19.2 Å². The zero-order valence-corrected chi connectivity index (χ0v) is 19.5. The van der Waals surface area contributed by atoms with Gasteiger partial charge in [-0.1, -0.05) is 25.2 Å². The zero-order valence-electron chi connectivity index (χ0n) is 18.5. The number of pyridine rings is 1. The second-order valence-corrected chi connectivity index (χ2v) is 14.8. The lowest BCUT2D eigenvalue weighted by atomic mass is 10.1. The molecule has 0 unspecified atom stereocenters. The van der Waals surface area contributed by atoms with Crippen molar-refractivity contribution in [2.45, 2.75) is 51.0 Å². The van der Waals surface area contributed by atoms with Crippen LogP contribution in [0, 0.1) is 6.92 Å². The minimum absolute atomic E-state index is 0.0892. The molecule has 5 heterocycles. The van der Waals surface area contributed by atoms with Crippen LogP contribution in [0.4, 0.5) is 23.1 Å². The molecule has 9 nitrogen and oxygen atoms in total. The van der Waals surface area contributed by atoms with Crippen LogP contribution in [0.3, 0.4) is 0 Å². The van der Waals surface area contributed by atoms with E-state index in [9.17, 15) is 4.79 Å². The first-order valence-corrected chi connectivity index (χ1v) is 14.2. The van der Waals surface area contributed by atoms with Gasteiger partial charge in [-0.25, -0.2) is 14.5 Å². The van der Waals surface area contributed by atoms with E-state index in [0.717, 1.165) is 41.2 Å². The molecular weight excluding hydrogens is 408 g/mol. The molecule has 0 bridgehead atoms. The number of aromatic nitrogens is 5. The Morgan fingerprint density at radius 2 is 1.97 bits per heavy atom. The van der Waals surface area contributed by atoms with Gasteiger partial charge in [-0.3, -0.25) is 4.79 Å². The molecule has 0 aliphatic carbocycles. The average molecular weight is 437 g/mol. The third-order valence-corrected chi connectivity index (χ3v) is 9.97. The lowest BCUT2D eigenvalue weighted by molar-refractivity contribution is -0.117. The Bertz CT molecular complexity index is 1150. The third-order valence-electron chi connectivity index (χ3n) is 6.68. The van der Waals surface area contributed by atoms with Crippen molar-refractivity contribution in [1.29, 1.82) is 0 Å². The SMILES string of the molecule is Cc1cc2ncnn2cc1Nc1ncc2c(n1)N(C1CC[Si](C)(C)CC1)CC(=O)N2C. The van der Waals surface area contributed by atoms with Crippen LogP contribution < -0.4 is 15.1 Å². The van der Waals surface area contributed by atoms with Crippen LogP contribution in [0.5, 0.6) is 0 Å². The van der Waals surface area contributed by atoms with Crippen molar-refractivity contribution in [2.24, 2.45) is 0 Å². The number of hydrogen-bond acceptors (Lipinski definition) is 7. The fourth-order valence-electron chi connectivity index (χ4n) is 4.54. The van der Waals surface area contributed by atoms with Gasteiger partial charge in [0, 0.05) is 21.2 Å². The van der Waals surface area contributed by atoms with E-state index >= 15 is 0 Å². The molecule has 0 atom stereocenters. The summed E-state index contributed by atoms with van der Waals surface area (Å²) >= 11 is 0. The molecule has 2 aliphatic rings. The van der Waals surface area contributed by atoms with Gasteiger partial charge in [-0.05, 0) is 31.4 Å². The Labute approximate surface area is 182 Å². The maximum atomic E-state index is 12.7. The van der Waals surface area contributed by atoms with E-state index in [1.54, 1.807) is 22.7 Å². The molecule has 0 radical (unpaired) electrons. The van der Waals surface area contributed by atoms with E-state index < -0.39 is 8.07 Å². The van der Waals surface area contributed by atoms with Crippen LogP contribution in [0.2, 0.25) is 25.2 Å². The number of nitrogens with zero attached hydrogens (tertiary/aromatic N) is 7. The summed E-state index contributed by atoms with van der Waals surface area (Å²) in [5.74, 6) is 1.44. The summed E-state index contributed by atoms with van der Waals surface area (Å²) in [7, 11) is 0.717. The number of rotatable bonds is 3. The summed E-state index contributed by atoms with van der Waals surface area (Å²) in [5, 5.41) is 7.54. The highest BCUT2D eigenvalue weighted by atomic mass is 28.3. The van der Waals surface area contributed by atoms with Gasteiger partial charge >= 0.3 is 0 Å². The van der Waals surface area contributed by atoms with Gasteiger partial charge in [0.15, 0.2) is 11.5 Å². The number of carbonyl (C=O) groups is 1. The van der Waals surface area contributed by atoms with Crippen molar-refractivity contribution in [3.8, 4) is 0 Å². The third kappa shape index (κ3) is 3.65. The van der Waals surface area contributed by atoms with Gasteiger partial charge in [0.05, 0.1) is 24.6 Å². The monoisotopic (exact) mass is 436 g/mol. The quantitative estimate of drug-likeness (QED) is 0.630. The zero-order chi connectivity index (χ0) is 21.8. The predicted octanol–water partition coefficient (Wildman–Crippen LogP) is 3.22. The lowest BCUT2D eigenvalue weighted by Gasteiger charge is -2.43. The van der Waals surface area contributed by atoms with E-state index in [2.05, 4.69) is 38.4 Å². The second-order valence-electron chi connectivity index (χ2n) is 9.44. The van der Waals surface area contributed by atoms with Crippen LogP contribution in [0.15, 0.2) is 24.8 Å². The highest BCUT2D eigenvalue weighted by molar-refractivity contribution is 6.77. The summed E-state index contributed by atoms with van der Waals surface area (Å²) < 4.78 is 1.72. The molecule has 1 fully saturated rings. The first-order chi connectivity index (χ1) is 14.8. The molecule has 1 saturated heterocycles. The molecule has 31 heavy (non-hydrogen) atoms.